The Bertz CT molecular complexity index is 343. The molecule has 0 unspecified atom stereocenters. The maximum atomic E-state index is 12.5. The number of nitrogens with two attached hydrogens (primary N) is 1. The van der Waals surface area contributed by atoms with Crippen LogP contribution in [0, 0.1) is 17.8 Å². The molecule has 0 saturated heterocycles. The Morgan fingerprint density at radius 1 is 1.25 bits per heavy atom. The van der Waals surface area contributed by atoms with Crippen LogP contribution in [0.4, 0.5) is 0 Å². The Hall–Kier alpha value is -1.06. The second-order valence-electron chi connectivity index (χ2n) is 7.18. The molecule has 0 aromatic heterocycles. The van der Waals surface area contributed by atoms with Crippen molar-refractivity contribution in [3.05, 3.63) is 0 Å². The van der Waals surface area contributed by atoms with Crippen molar-refractivity contribution in [1.29, 1.82) is 0 Å². The van der Waals surface area contributed by atoms with Gasteiger partial charge >= 0.3 is 0 Å². The molecule has 0 aromatic carbocycles. The van der Waals surface area contributed by atoms with Crippen LogP contribution in [0.2, 0.25) is 0 Å². The predicted molar refractivity (Wildman–Crippen MR) is 80.9 cm³/mol. The van der Waals surface area contributed by atoms with Gasteiger partial charge in [-0.25, -0.2) is 0 Å². The van der Waals surface area contributed by atoms with Crippen LogP contribution in [0.25, 0.3) is 0 Å². The minimum absolute atomic E-state index is 0.00990. The van der Waals surface area contributed by atoms with Crippen LogP contribution in [0.3, 0.4) is 0 Å². The van der Waals surface area contributed by atoms with Crippen molar-refractivity contribution < 1.29 is 9.59 Å². The van der Waals surface area contributed by atoms with Crippen LogP contribution >= 0.6 is 0 Å². The summed E-state index contributed by atoms with van der Waals surface area (Å²) in [5.74, 6) is -0.310. The minimum atomic E-state index is -0.326. The highest BCUT2D eigenvalue weighted by atomic mass is 16.2. The van der Waals surface area contributed by atoms with Crippen molar-refractivity contribution in [3.8, 4) is 0 Å². The topological polar surface area (TPSA) is 72.2 Å². The molecule has 0 heterocycles. The van der Waals surface area contributed by atoms with Gasteiger partial charge in [-0.05, 0) is 39.5 Å². The van der Waals surface area contributed by atoms with Crippen molar-refractivity contribution in [3.63, 3.8) is 0 Å². The lowest BCUT2D eigenvalue weighted by atomic mass is 9.82. The van der Waals surface area contributed by atoms with Gasteiger partial charge in [0.25, 0.3) is 0 Å². The van der Waals surface area contributed by atoms with E-state index in [0.717, 1.165) is 25.7 Å². The highest BCUT2D eigenvalue weighted by molar-refractivity contribution is 5.87. The van der Waals surface area contributed by atoms with Gasteiger partial charge in [0, 0.05) is 17.4 Å². The van der Waals surface area contributed by atoms with Crippen LogP contribution in [0.5, 0.6) is 0 Å². The van der Waals surface area contributed by atoms with Crippen LogP contribution < -0.4 is 11.1 Å². The Labute approximate surface area is 122 Å². The largest absolute Gasteiger partial charge is 0.369 e. The van der Waals surface area contributed by atoms with Crippen LogP contribution in [0.1, 0.15) is 66.2 Å². The molecule has 2 amide bonds. The molecule has 1 fully saturated rings. The maximum Gasteiger partial charge on any atom is 0.224 e. The quantitative estimate of drug-likeness (QED) is 0.718. The monoisotopic (exact) mass is 282 g/mol. The lowest BCUT2D eigenvalue weighted by Gasteiger charge is -2.28. The molecule has 1 rings (SSSR count). The van der Waals surface area contributed by atoms with E-state index in [1.165, 1.54) is 12.8 Å². The average Bonchev–Trinajstić information content (AvgIpc) is 3.09. The number of hydrogen-bond donors (Lipinski definition) is 2. The van der Waals surface area contributed by atoms with Crippen LogP contribution in [-0.4, -0.2) is 17.4 Å². The Balaban J connectivity index is 2.78. The van der Waals surface area contributed by atoms with Gasteiger partial charge in [0.2, 0.25) is 11.8 Å². The molecule has 0 spiro atoms. The van der Waals surface area contributed by atoms with Gasteiger partial charge in [0.1, 0.15) is 0 Å². The highest BCUT2D eigenvalue weighted by Crippen LogP contribution is 2.38. The zero-order chi connectivity index (χ0) is 15.3. The van der Waals surface area contributed by atoms with Crippen LogP contribution in [-0.2, 0) is 9.59 Å². The summed E-state index contributed by atoms with van der Waals surface area (Å²) in [6.45, 7) is 7.97. The van der Waals surface area contributed by atoms with Crippen molar-refractivity contribution >= 4 is 11.8 Å². The number of amides is 2. The van der Waals surface area contributed by atoms with Gasteiger partial charge in [-0.2, -0.15) is 0 Å². The summed E-state index contributed by atoms with van der Waals surface area (Å²) in [6, 6.07) is 0. The lowest BCUT2D eigenvalue weighted by Crippen LogP contribution is -2.47. The smallest absolute Gasteiger partial charge is 0.224 e. The van der Waals surface area contributed by atoms with Gasteiger partial charge in [-0.3, -0.25) is 9.59 Å². The summed E-state index contributed by atoms with van der Waals surface area (Å²) in [6.07, 6.45) is 5.84. The summed E-state index contributed by atoms with van der Waals surface area (Å²) in [4.78, 5) is 24.3. The van der Waals surface area contributed by atoms with Gasteiger partial charge in [-0.1, -0.05) is 32.6 Å². The molecule has 4 heteroatoms. The molecule has 1 aliphatic carbocycles. The van der Waals surface area contributed by atoms with Crippen molar-refractivity contribution in [2.75, 3.05) is 0 Å². The fourth-order valence-corrected chi connectivity index (χ4v) is 2.59. The van der Waals surface area contributed by atoms with Gasteiger partial charge in [0.15, 0.2) is 0 Å². The molecule has 1 aliphatic rings. The number of carbonyl (C=O) groups excluding carboxylic acids is 2. The third kappa shape index (κ3) is 5.93. The van der Waals surface area contributed by atoms with Crippen molar-refractivity contribution in [2.45, 2.75) is 71.8 Å². The van der Waals surface area contributed by atoms with Gasteiger partial charge in [-0.15, -0.1) is 0 Å². The summed E-state index contributed by atoms with van der Waals surface area (Å²) >= 11 is 0. The SMILES string of the molecule is CCCC[C@H](C(N)=O)[C@@H](CC1CC1)C(=O)NC(C)(C)C. The zero-order valence-electron chi connectivity index (χ0n) is 13.4. The van der Waals surface area contributed by atoms with E-state index in [2.05, 4.69) is 12.2 Å². The Morgan fingerprint density at radius 3 is 2.25 bits per heavy atom. The van der Waals surface area contributed by atoms with Gasteiger partial charge < -0.3 is 11.1 Å². The molecule has 0 bridgehead atoms. The fourth-order valence-electron chi connectivity index (χ4n) is 2.59. The molecular weight excluding hydrogens is 252 g/mol. The molecule has 0 radical (unpaired) electrons. The maximum absolute atomic E-state index is 12.5. The number of nitrogens with one attached hydrogen (secondary N) is 1. The molecule has 3 N–H and O–H groups in total. The standard InChI is InChI=1S/C16H30N2O2/c1-5-6-7-12(14(17)19)13(10-11-8-9-11)15(20)18-16(2,3)4/h11-13H,5-10H2,1-4H3,(H2,17,19)(H,18,20)/t12-,13+/m0/s1. The first-order valence-corrected chi connectivity index (χ1v) is 7.86. The highest BCUT2D eigenvalue weighted by Gasteiger charge is 2.37. The number of unbranched alkanes of at least 4 members (excludes halogenated alkanes) is 1. The molecule has 4 nitrogen and oxygen atoms in total. The second kappa shape index (κ2) is 7.09. The Morgan fingerprint density at radius 2 is 1.85 bits per heavy atom. The summed E-state index contributed by atoms with van der Waals surface area (Å²) in [5, 5.41) is 3.02. The second-order valence-corrected chi connectivity index (χ2v) is 7.18. The van der Waals surface area contributed by atoms with E-state index < -0.39 is 0 Å². The molecule has 2 atom stereocenters. The molecule has 0 aromatic rings. The lowest BCUT2D eigenvalue weighted by molar-refractivity contribution is -0.135. The van der Waals surface area contributed by atoms with E-state index in [1.807, 2.05) is 20.8 Å². The third-order valence-corrected chi connectivity index (χ3v) is 3.84. The van der Waals surface area contributed by atoms with Crippen molar-refractivity contribution in [2.24, 2.45) is 23.5 Å². The zero-order valence-corrected chi connectivity index (χ0v) is 13.4. The van der Waals surface area contributed by atoms with E-state index in [0.29, 0.717) is 5.92 Å². The molecule has 1 saturated carbocycles. The van der Waals surface area contributed by atoms with E-state index in [-0.39, 0.29) is 29.2 Å². The number of rotatable bonds is 8. The average molecular weight is 282 g/mol. The van der Waals surface area contributed by atoms with Crippen molar-refractivity contribution in [1.82, 2.24) is 5.32 Å². The van der Waals surface area contributed by atoms with Crippen LogP contribution in [0.15, 0.2) is 0 Å². The minimum Gasteiger partial charge on any atom is -0.369 e. The third-order valence-electron chi connectivity index (χ3n) is 3.84. The normalized spacial score (nSPS) is 18.4. The Kier molecular flexibility index (Phi) is 6.03. The summed E-state index contributed by atoms with van der Waals surface area (Å²) in [5.41, 5.74) is 5.29. The number of primary amides is 1. The first-order valence-electron chi connectivity index (χ1n) is 7.86. The predicted octanol–water partition coefficient (Wildman–Crippen LogP) is 2.61. The van der Waals surface area contributed by atoms with E-state index in [9.17, 15) is 9.59 Å². The first-order chi connectivity index (χ1) is 9.24. The summed E-state index contributed by atoms with van der Waals surface area (Å²) in [7, 11) is 0. The van der Waals surface area contributed by atoms with E-state index >= 15 is 0 Å². The number of hydrogen-bond acceptors (Lipinski definition) is 2. The molecule has 0 aliphatic heterocycles. The number of carbonyl (C=O) groups is 2. The first kappa shape index (κ1) is 17.0. The van der Waals surface area contributed by atoms with E-state index in [4.69, 9.17) is 5.73 Å². The van der Waals surface area contributed by atoms with Gasteiger partial charge in [0.05, 0.1) is 0 Å². The molecule has 116 valence electrons. The molecular formula is C16H30N2O2. The van der Waals surface area contributed by atoms with E-state index in [1.54, 1.807) is 0 Å². The summed E-state index contributed by atoms with van der Waals surface area (Å²) < 4.78 is 0. The molecule has 20 heavy (non-hydrogen) atoms. The fraction of sp³-hybridized carbons (Fsp3) is 0.875.